The van der Waals surface area contributed by atoms with Crippen molar-refractivity contribution in [1.29, 1.82) is 0 Å². The third kappa shape index (κ3) is 5.02. The van der Waals surface area contributed by atoms with E-state index >= 15 is 0 Å². The molecular formula is C26H21N3O5. The third-order valence-electron chi connectivity index (χ3n) is 4.93. The Bertz CT molecular complexity index is 1270. The predicted molar refractivity (Wildman–Crippen MR) is 126 cm³/mol. The Morgan fingerprint density at radius 2 is 1.59 bits per heavy atom. The molecule has 0 aliphatic carbocycles. The number of carbonyl (C=O) groups is 3. The van der Waals surface area contributed by atoms with Crippen molar-refractivity contribution < 1.29 is 23.9 Å². The van der Waals surface area contributed by atoms with Gasteiger partial charge in [-0.3, -0.25) is 15.0 Å². The van der Waals surface area contributed by atoms with Crippen LogP contribution < -0.4 is 10.2 Å². The second-order valence-electron chi connectivity index (χ2n) is 7.18. The maximum absolute atomic E-state index is 13.3. The molecule has 3 aromatic carbocycles. The molecule has 1 heterocycles. The van der Waals surface area contributed by atoms with Crippen LogP contribution in [0.15, 0.2) is 95.6 Å². The lowest BCUT2D eigenvalue weighted by molar-refractivity contribution is -0.142. The highest BCUT2D eigenvalue weighted by Crippen LogP contribution is 2.25. The molecule has 0 aromatic heterocycles. The maximum atomic E-state index is 13.3. The fraction of sp³-hybridized carbons (Fsp3) is 0.0769. The first-order valence-corrected chi connectivity index (χ1v) is 10.4. The Morgan fingerprint density at radius 1 is 0.941 bits per heavy atom. The second kappa shape index (κ2) is 10.3. The van der Waals surface area contributed by atoms with Gasteiger partial charge in [-0.15, -0.1) is 0 Å². The minimum atomic E-state index is -0.529. The number of methoxy groups -OCH3 is 1. The number of hydrogen-bond donors (Lipinski definition) is 1. The summed E-state index contributed by atoms with van der Waals surface area (Å²) in [6.07, 6.45) is 1.55. The van der Waals surface area contributed by atoms with E-state index in [-0.39, 0.29) is 18.1 Å². The van der Waals surface area contributed by atoms with Gasteiger partial charge in [-0.1, -0.05) is 66.7 Å². The predicted octanol–water partition coefficient (Wildman–Crippen LogP) is 3.21. The Labute approximate surface area is 196 Å². The molecule has 1 N–H and O–H groups in total. The molecule has 1 aliphatic heterocycles. The molecule has 2 amide bonds. The first-order valence-electron chi connectivity index (χ1n) is 10.4. The molecule has 0 fully saturated rings. The Hall–Kier alpha value is -4.72. The molecule has 3 aromatic rings. The highest BCUT2D eigenvalue weighted by molar-refractivity contribution is 6.20. The number of amidine groups is 1. The van der Waals surface area contributed by atoms with Gasteiger partial charge in [0, 0.05) is 16.7 Å². The normalized spacial score (nSPS) is 14.0. The molecular weight excluding hydrogens is 434 g/mol. The highest BCUT2D eigenvalue weighted by atomic mass is 16.6. The number of nitrogens with zero attached hydrogens (tertiary/aromatic N) is 2. The van der Waals surface area contributed by atoms with Crippen molar-refractivity contribution in [1.82, 2.24) is 10.4 Å². The summed E-state index contributed by atoms with van der Waals surface area (Å²) < 4.78 is 10.1. The van der Waals surface area contributed by atoms with Gasteiger partial charge in [0.1, 0.15) is 11.4 Å². The smallest absolute Gasteiger partial charge is 0.343 e. The molecule has 0 unspecified atom stereocenters. The van der Waals surface area contributed by atoms with Crippen molar-refractivity contribution in [3.8, 4) is 5.75 Å². The van der Waals surface area contributed by atoms with Gasteiger partial charge in [0.25, 0.3) is 11.8 Å². The van der Waals surface area contributed by atoms with Crippen LogP contribution in [0.1, 0.15) is 21.5 Å². The molecule has 0 bridgehead atoms. The first kappa shape index (κ1) is 22.5. The monoisotopic (exact) mass is 455 g/mol. The second-order valence-corrected chi connectivity index (χ2v) is 7.18. The summed E-state index contributed by atoms with van der Waals surface area (Å²) in [5.41, 5.74) is 4.35. The first-order chi connectivity index (χ1) is 16.6. The average Bonchev–Trinajstić information content (AvgIpc) is 3.19. The average molecular weight is 455 g/mol. The molecule has 34 heavy (non-hydrogen) atoms. The van der Waals surface area contributed by atoms with Gasteiger partial charge >= 0.3 is 5.97 Å². The minimum absolute atomic E-state index is 0.0985. The van der Waals surface area contributed by atoms with Crippen LogP contribution >= 0.6 is 0 Å². The van der Waals surface area contributed by atoms with E-state index in [0.717, 1.165) is 5.01 Å². The number of nitrogens with one attached hydrogen (secondary N) is 1. The largest absolute Gasteiger partial charge is 0.481 e. The van der Waals surface area contributed by atoms with E-state index in [2.05, 4.69) is 15.2 Å². The number of amides is 2. The number of benzene rings is 3. The maximum Gasteiger partial charge on any atom is 0.343 e. The lowest BCUT2D eigenvalue weighted by atomic mass is 10.1. The molecule has 1 aliphatic rings. The van der Waals surface area contributed by atoms with Crippen LogP contribution in [0.4, 0.5) is 0 Å². The molecule has 0 atom stereocenters. The van der Waals surface area contributed by atoms with Crippen LogP contribution in [0.5, 0.6) is 5.75 Å². The quantitative estimate of drug-likeness (QED) is 0.436. The zero-order valence-corrected chi connectivity index (χ0v) is 18.3. The highest BCUT2D eigenvalue weighted by Gasteiger charge is 2.33. The van der Waals surface area contributed by atoms with Crippen molar-refractivity contribution in [2.24, 2.45) is 4.99 Å². The number of carbonyl (C=O) groups excluding carboxylic acids is 3. The zero-order valence-electron chi connectivity index (χ0n) is 18.3. The van der Waals surface area contributed by atoms with Crippen molar-refractivity contribution in [2.45, 2.75) is 0 Å². The lowest BCUT2D eigenvalue weighted by Crippen LogP contribution is -2.47. The summed E-state index contributed by atoms with van der Waals surface area (Å²) in [5, 5.41) is 1.13. The van der Waals surface area contributed by atoms with Crippen molar-refractivity contribution in [2.75, 3.05) is 13.7 Å². The summed E-state index contributed by atoms with van der Waals surface area (Å²) in [6.45, 7) is -0.275. The summed E-state index contributed by atoms with van der Waals surface area (Å²) in [7, 11) is 1.27. The minimum Gasteiger partial charge on any atom is -0.481 e. The lowest BCUT2D eigenvalue weighted by Gasteiger charge is -2.19. The van der Waals surface area contributed by atoms with Gasteiger partial charge in [0.05, 0.1) is 7.11 Å². The van der Waals surface area contributed by atoms with Crippen LogP contribution in [0.25, 0.3) is 6.08 Å². The Balaban J connectivity index is 1.67. The summed E-state index contributed by atoms with van der Waals surface area (Å²) in [6, 6.07) is 24.6. The van der Waals surface area contributed by atoms with E-state index in [1.807, 2.05) is 18.2 Å². The van der Waals surface area contributed by atoms with Crippen LogP contribution in [0.3, 0.4) is 0 Å². The number of hydrogen-bond acceptors (Lipinski definition) is 6. The number of rotatable bonds is 7. The molecule has 0 saturated carbocycles. The molecule has 0 spiro atoms. The fourth-order valence-electron chi connectivity index (χ4n) is 3.23. The van der Waals surface area contributed by atoms with Crippen molar-refractivity contribution >= 4 is 29.7 Å². The molecule has 170 valence electrons. The summed E-state index contributed by atoms with van der Waals surface area (Å²) in [5.74, 6) is -0.810. The number of aliphatic imine (C=N–C) groups is 1. The number of esters is 1. The van der Waals surface area contributed by atoms with Crippen molar-refractivity contribution in [3.63, 3.8) is 0 Å². The summed E-state index contributed by atoms with van der Waals surface area (Å²) in [4.78, 5) is 42.1. The number of ether oxygens (including phenoxy) is 2. The Morgan fingerprint density at radius 3 is 2.29 bits per heavy atom. The summed E-state index contributed by atoms with van der Waals surface area (Å²) >= 11 is 0. The van der Waals surface area contributed by atoms with Gasteiger partial charge in [0.2, 0.25) is 0 Å². The van der Waals surface area contributed by atoms with E-state index in [9.17, 15) is 14.4 Å². The van der Waals surface area contributed by atoms with E-state index in [1.165, 1.54) is 7.11 Å². The van der Waals surface area contributed by atoms with Crippen LogP contribution in [-0.4, -0.2) is 42.3 Å². The van der Waals surface area contributed by atoms with Crippen LogP contribution in [0.2, 0.25) is 0 Å². The number of hydrazine groups is 1. The van der Waals surface area contributed by atoms with E-state index in [1.54, 1.807) is 72.8 Å². The van der Waals surface area contributed by atoms with Gasteiger partial charge in [-0.05, 0) is 24.3 Å². The van der Waals surface area contributed by atoms with Crippen LogP contribution in [0, 0.1) is 0 Å². The van der Waals surface area contributed by atoms with E-state index in [4.69, 9.17) is 4.74 Å². The molecule has 0 saturated heterocycles. The Kier molecular flexibility index (Phi) is 6.78. The standard InChI is InChI=1S/C26H21N3O5/c1-33-23(30)17-34-22-15-9-8-14-20(22)16-21-26(32)29(24(27-21)18-10-4-2-5-11-18)28-25(31)19-12-6-3-7-13-19/h2-16H,17H2,1H3,(H,28,31)/b21-16+. The molecule has 8 heteroatoms. The molecule has 4 rings (SSSR count). The fourth-order valence-corrected chi connectivity index (χ4v) is 3.23. The molecule has 0 radical (unpaired) electrons. The number of para-hydroxylation sites is 1. The van der Waals surface area contributed by atoms with Gasteiger partial charge in [-0.2, -0.15) is 5.01 Å². The third-order valence-corrected chi connectivity index (χ3v) is 4.93. The van der Waals surface area contributed by atoms with Crippen molar-refractivity contribution in [3.05, 3.63) is 107 Å². The van der Waals surface area contributed by atoms with Crippen LogP contribution in [-0.2, 0) is 14.3 Å². The van der Waals surface area contributed by atoms with E-state index in [0.29, 0.717) is 22.4 Å². The molecule has 8 nitrogen and oxygen atoms in total. The van der Waals surface area contributed by atoms with Gasteiger partial charge in [-0.25, -0.2) is 9.79 Å². The SMILES string of the molecule is COC(=O)COc1ccccc1/C=C1/N=C(c2ccccc2)N(NC(=O)c2ccccc2)C1=O. The zero-order chi connectivity index (χ0) is 23.9. The van der Waals surface area contributed by atoms with Gasteiger partial charge in [0.15, 0.2) is 12.4 Å². The van der Waals surface area contributed by atoms with E-state index < -0.39 is 17.8 Å². The van der Waals surface area contributed by atoms with Gasteiger partial charge < -0.3 is 9.47 Å². The topological polar surface area (TPSA) is 97.3 Å².